The predicted molar refractivity (Wildman–Crippen MR) is 45.9 cm³/mol. The second-order valence-electron chi connectivity index (χ2n) is 2.45. The number of ether oxygens (including phenoxy) is 1. The van der Waals surface area contributed by atoms with Gasteiger partial charge >= 0.3 is 6.09 Å². The van der Waals surface area contributed by atoms with E-state index >= 15 is 0 Å². The summed E-state index contributed by atoms with van der Waals surface area (Å²) in [5.74, 6) is 0. The summed E-state index contributed by atoms with van der Waals surface area (Å²) in [5.41, 5.74) is 0. The molecular weight excluding hydrogens is 210 g/mol. The molecule has 0 bridgehead atoms. The van der Waals surface area contributed by atoms with E-state index in [1.807, 2.05) is 0 Å². The van der Waals surface area contributed by atoms with E-state index in [0.717, 1.165) is 13.3 Å². The highest BCUT2D eigenvalue weighted by Gasteiger charge is 2.19. The lowest BCUT2D eigenvalue weighted by Gasteiger charge is -2.01. The summed E-state index contributed by atoms with van der Waals surface area (Å²) in [7, 11) is -1.21. The molecule has 1 heterocycles. The lowest BCUT2D eigenvalue weighted by Crippen LogP contribution is -2.30. The molecule has 0 radical (unpaired) electrons. The maximum atomic E-state index is 11.3. The molecule has 78 valence electrons. The molecule has 0 aromatic carbocycles. The molecule has 0 saturated carbocycles. The smallest absolute Gasteiger partial charge is 0.420 e. The van der Waals surface area contributed by atoms with E-state index in [-0.39, 0.29) is 4.90 Å². The van der Waals surface area contributed by atoms with Gasteiger partial charge in [0.2, 0.25) is 0 Å². The average molecular weight is 219 g/mol. The van der Waals surface area contributed by atoms with Crippen LogP contribution in [0, 0.1) is 0 Å². The maximum absolute atomic E-state index is 11.3. The Morgan fingerprint density at radius 3 is 2.71 bits per heavy atom. The standard InChI is InChI=1S/C6H9N3O4S/c1-9-4-5(3-7-9)14(11,12)8-6(10)13-2/h3-4H,1-2H3,(H,8,10). The fraction of sp³-hybridized carbons (Fsp3) is 0.333. The number of nitrogens with zero attached hydrogens (tertiary/aromatic N) is 2. The first-order valence-corrected chi connectivity index (χ1v) is 5.03. The van der Waals surface area contributed by atoms with Gasteiger partial charge in [-0.1, -0.05) is 0 Å². The molecular formula is C6H9N3O4S. The van der Waals surface area contributed by atoms with Gasteiger partial charge in [0.15, 0.2) is 0 Å². The molecule has 1 N–H and O–H groups in total. The number of aromatic nitrogens is 2. The molecule has 0 fully saturated rings. The van der Waals surface area contributed by atoms with Crippen molar-refractivity contribution in [3.05, 3.63) is 12.4 Å². The SMILES string of the molecule is COC(=O)NS(=O)(=O)c1cnn(C)c1. The summed E-state index contributed by atoms with van der Waals surface area (Å²) in [5, 5.41) is 3.66. The van der Waals surface area contributed by atoms with Gasteiger partial charge in [-0.15, -0.1) is 0 Å². The molecule has 0 aliphatic carbocycles. The Morgan fingerprint density at radius 1 is 1.64 bits per heavy atom. The maximum Gasteiger partial charge on any atom is 0.420 e. The summed E-state index contributed by atoms with van der Waals surface area (Å²) in [6.07, 6.45) is 1.37. The van der Waals surface area contributed by atoms with Gasteiger partial charge in [0.25, 0.3) is 10.0 Å². The molecule has 0 atom stereocenters. The largest absolute Gasteiger partial charge is 0.452 e. The van der Waals surface area contributed by atoms with Crippen molar-refractivity contribution in [1.82, 2.24) is 14.5 Å². The first kappa shape index (κ1) is 10.5. The molecule has 0 aliphatic rings. The third kappa shape index (κ3) is 2.22. The molecule has 7 nitrogen and oxygen atoms in total. The van der Waals surface area contributed by atoms with Crippen LogP contribution in [-0.4, -0.2) is 31.4 Å². The molecule has 1 aromatic rings. The normalized spacial score (nSPS) is 11.0. The van der Waals surface area contributed by atoms with Gasteiger partial charge in [-0.05, 0) is 0 Å². The monoisotopic (exact) mass is 219 g/mol. The van der Waals surface area contributed by atoms with Crippen LogP contribution in [0.1, 0.15) is 0 Å². The van der Waals surface area contributed by atoms with Gasteiger partial charge < -0.3 is 4.74 Å². The number of sulfonamides is 1. The van der Waals surface area contributed by atoms with Crippen LogP contribution in [0.4, 0.5) is 4.79 Å². The summed E-state index contributed by atoms with van der Waals surface area (Å²) < 4.78 is 29.9. The summed E-state index contributed by atoms with van der Waals surface area (Å²) in [6.45, 7) is 0. The molecule has 0 aliphatic heterocycles. The minimum absolute atomic E-state index is 0.0922. The van der Waals surface area contributed by atoms with Crippen LogP contribution in [0.25, 0.3) is 0 Å². The molecule has 0 unspecified atom stereocenters. The van der Waals surface area contributed by atoms with Crippen molar-refractivity contribution >= 4 is 16.1 Å². The van der Waals surface area contributed by atoms with Gasteiger partial charge in [0, 0.05) is 13.2 Å². The molecule has 8 heteroatoms. The number of carbonyl (C=O) groups is 1. The van der Waals surface area contributed by atoms with E-state index in [1.54, 1.807) is 11.8 Å². The Kier molecular flexibility index (Phi) is 2.75. The van der Waals surface area contributed by atoms with Gasteiger partial charge in [-0.3, -0.25) is 4.68 Å². The highest BCUT2D eigenvalue weighted by atomic mass is 32.2. The van der Waals surface area contributed by atoms with E-state index in [4.69, 9.17) is 0 Å². The number of hydrogen-bond acceptors (Lipinski definition) is 5. The van der Waals surface area contributed by atoms with Crippen LogP contribution < -0.4 is 4.72 Å². The second-order valence-corrected chi connectivity index (χ2v) is 4.13. The van der Waals surface area contributed by atoms with Crippen LogP contribution in [-0.2, 0) is 21.8 Å². The highest BCUT2D eigenvalue weighted by Crippen LogP contribution is 2.05. The van der Waals surface area contributed by atoms with Crippen LogP contribution in [0.5, 0.6) is 0 Å². The average Bonchev–Trinajstić information content (AvgIpc) is 2.51. The molecule has 14 heavy (non-hydrogen) atoms. The first-order valence-electron chi connectivity index (χ1n) is 3.55. The summed E-state index contributed by atoms with van der Waals surface area (Å²) in [6, 6.07) is 0. The van der Waals surface area contributed by atoms with E-state index in [9.17, 15) is 13.2 Å². The topological polar surface area (TPSA) is 90.3 Å². The zero-order valence-electron chi connectivity index (χ0n) is 7.59. The Morgan fingerprint density at radius 2 is 2.29 bits per heavy atom. The summed E-state index contributed by atoms with van der Waals surface area (Å²) >= 11 is 0. The summed E-state index contributed by atoms with van der Waals surface area (Å²) in [4.78, 5) is 10.6. The van der Waals surface area contributed by atoms with Crippen molar-refractivity contribution in [2.45, 2.75) is 4.90 Å². The van der Waals surface area contributed by atoms with Crippen LogP contribution in [0.2, 0.25) is 0 Å². The third-order valence-corrected chi connectivity index (χ3v) is 2.66. The number of nitrogens with one attached hydrogen (secondary N) is 1. The molecule has 0 spiro atoms. The number of aryl methyl sites for hydroxylation is 1. The fourth-order valence-corrected chi connectivity index (χ4v) is 1.65. The Hall–Kier alpha value is -1.57. The molecule has 1 amide bonds. The third-order valence-electron chi connectivity index (χ3n) is 1.39. The van der Waals surface area contributed by atoms with E-state index in [2.05, 4.69) is 9.84 Å². The lowest BCUT2D eigenvalue weighted by atomic mass is 10.7. The number of carbonyl (C=O) groups excluding carboxylic acids is 1. The van der Waals surface area contributed by atoms with Crippen molar-refractivity contribution in [2.24, 2.45) is 7.05 Å². The van der Waals surface area contributed by atoms with Crippen molar-refractivity contribution in [3.8, 4) is 0 Å². The van der Waals surface area contributed by atoms with E-state index in [0.29, 0.717) is 0 Å². The number of amides is 1. The van der Waals surface area contributed by atoms with Crippen LogP contribution >= 0.6 is 0 Å². The highest BCUT2D eigenvalue weighted by molar-refractivity contribution is 7.90. The van der Waals surface area contributed by atoms with Gasteiger partial charge in [-0.25, -0.2) is 17.9 Å². The van der Waals surface area contributed by atoms with Crippen molar-refractivity contribution in [2.75, 3.05) is 7.11 Å². The zero-order chi connectivity index (χ0) is 10.8. The molecule has 0 saturated heterocycles. The van der Waals surface area contributed by atoms with Gasteiger partial charge in [0.1, 0.15) is 4.90 Å². The fourth-order valence-electron chi connectivity index (χ4n) is 0.748. The number of rotatable bonds is 2. The lowest BCUT2D eigenvalue weighted by molar-refractivity contribution is 0.177. The predicted octanol–water partition coefficient (Wildman–Crippen LogP) is -0.535. The zero-order valence-corrected chi connectivity index (χ0v) is 8.41. The first-order chi connectivity index (χ1) is 6.45. The quantitative estimate of drug-likeness (QED) is 0.721. The van der Waals surface area contributed by atoms with E-state index in [1.165, 1.54) is 10.9 Å². The van der Waals surface area contributed by atoms with Crippen molar-refractivity contribution < 1.29 is 17.9 Å². The van der Waals surface area contributed by atoms with Crippen molar-refractivity contribution in [3.63, 3.8) is 0 Å². The van der Waals surface area contributed by atoms with Gasteiger partial charge in [-0.2, -0.15) is 5.10 Å². The molecule has 1 aromatic heterocycles. The number of methoxy groups -OCH3 is 1. The van der Waals surface area contributed by atoms with Crippen LogP contribution in [0.3, 0.4) is 0 Å². The Balaban J connectivity index is 2.92. The minimum Gasteiger partial charge on any atom is -0.452 e. The second kappa shape index (κ2) is 3.66. The van der Waals surface area contributed by atoms with Gasteiger partial charge in [0.05, 0.1) is 13.3 Å². The Bertz CT molecular complexity index is 436. The molecule has 1 rings (SSSR count). The number of hydrogen-bond donors (Lipinski definition) is 1. The van der Waals surface area contributed by atoms with Crippen LogP contribution in [0.15, 0.2) is 17.3 Å². The minimum atomic E-state index is -3.86. The van der Waals surface area contributed by atoms with E-state index < -0.39 is 16.1 Å². The Labute approximate surface area is 80.7 Å². The van der Waals surface area contributed by atoms with Crippen molar-refractivity contribution in [1.29, 1.82) is 0 Å².